The zero-order valence-electron chi connectivity index (χ0n) is 18.3. The number of nitrogens with one attached hydrogen (secondary N) is 1. The number of carbonyl (C=O) groups is 1. The number of carbonyl (C=O) groups excluding carboxylic acids is 1. The van der Waals surface area contributed by atoms with E-state index in [-0.39, 0.29) is 11.9 Å². The van der Waals surface area contributed by atoms with Gasteiger partial charge in [0.25, 0.3) is 0 Å². The Morgan fingerprint density at radius 1 is 1.06 bits per heavy atom. The van der Waals surface area contributed by atoms with Gasteiger partial charge < -0.3 is 19.7 Å². The van der Waals surface area contributed by atoms with Gasteiger partial charge in [0.2, 0.25) is 5.91 Å². The van der Waals surface area contributed by atoms with Crippen molar-refractivity contribution in [3.63, 3.8) is 0 Å². The summed E-state index contributed by atoms with van der Waals surface area (Å²) in [6.45, 7) is 0.830. The largest absolute Gasteiger partial charge is 0.491 e. The van der Waals surface area contributed by atoms with Crippen LogP contribution >= 0.6 is 0 Å². The third kappa shape index (κ3) is 5.37. The van der Waals surface area contributed by atoms with Gasteiger partial charge in [-0.2, -0.15) is 0 Å². The molecule has 0 spiro atoms. The van der Waals surface area contributed by atoms with E-state index in [0.29, 0.717) is 31.1 Å². The Hall–Kier alpha value is -3.13. The number of amides is 1. The van der Waals surface area contributed by atoms with Crippen molar-refractivity contribution in [2.24, 2.45) is 0 Å². The quantitative estimate of drug-likeness (QED) is 0.538. The first-order valence-corrected chi connectivity index (χ1v) is 10.7. The van der Waals surface area contributed by atoms with Crippen molar-refractivity contribution in [1.29, 1.82) is 0 Å². The Morgan fingerprint density at radius 3 is 2.50 bits per heavy atom. The van der Waals surface area contributed by atoms with E-state index in [0.717, 1.165) is 22.2 Å². The Morgan fingerprint density at radius 2 is 1.78 bits per heavy atom. The number of rotatable bonds is 8. The second-order valence-electron chi connectivity index (χ2n) is 8.16. The number of benzene rings is 3. The van der Waals surface area contributed by atoms with Crippen molar-refractivity contribution in [2.45, 2.75) is 25.6 Å². The average molecular weight is 430 g/mol. The lowest BCUT2D eigenvalue weighted by molar-refractivity contribution is -0.125. The topological polar surface area (TPSA) is 71.0 Å². The first-order valence-electron chi connectivity index (χ1n) is 10.7. The summed E-state index contributed by atoms with van der Waals surface area (Å²) in [5.74, 6) is 1.40. The zero-order chi connectivity index (χ0) is 22.5. The molecule has 6 nitrogen and oxygen atoms in total. The van der Waals surface area contributed by atoms with Crippen LogP contribution in [-0.4, -0.2) is 43.1 Å². The maximum absolute atomic E-state index is 12.8. The van der Waals surface area contributed by atoms with Gasteiger partial charge in [0.05, 0.1) is 12.6 Å². The van der Waals surface area contributed by atoms with Gasteiger partial charge in [-0.15, -0.1) is 0 Å². The van der Waals surface area contributed by atoms with Crippen LogP contribution in [0, 0.1) is 0 Å². The molecule has 3 aromatic carbocycles. The molecule has 0 unspecified atom stereocenters. The monoisotopic (exact) mass is 430 g/mol. The molecule has 0 aliphatic carbocycles. The summed E-state index contributed by atoms with van der Waals surface area (Å²) in [5, 5.41) is 12.8. The molecule has 7 heteroatoms. The first-order chi connectivity index (χ1) is 15.5. The van der Waals surface area contributed by atoms with E-state index in [1.54, 1.807) is 0 Å². The highest BCUT2D eigenvalue weighted by atomic mass is 16.5. The van der Waals surface area contributed by atoms with E-state index in [1.165, 1.54) is 0 Å². The van der Waals surface area contributed by atoms with Crippen LogP contribution in [0.4, 0.5) is 0 Å². The minimum atomic E-state index is -0.853. The number of likely N-dealkylation sites (N-methyl/N-ethyl adjacent to an activating group) is 1. The van der Waals surface area contributed by atoms with Crippen molar-refractivity contribution in [3.8, 4) is 11.5 Å². The van der Waals surface area contributed by atoms with E-state index < -0.39 is 7.12 Å². The number of hydrogen-bond donors (Lipinski definition) is 2. The number of ether oxygens (including phenoxy) is 1. The van der Waals surface area contributed by atoms with E-state index in [4.69, 9.17) is 9.39 Å². The Balaban J connectivity index is 1.32. The predicted octanol–water partition coefficient (Wildman–Crippen LogP) is 2.49. The summed E-state index contributed by atoms with van der Waals surface area (Å²) >= 11 is 0. The lowest BCUT2D eigenvalue weighted by Gasteiger charge is -2.23. The van der Waals surface area contributed by atoms with Crippen molar-refractivity contribution in [2.75, 3.05) is 14.1 Å². The van der Waals surface area contributed by atoms with Crippen LogP contribution in [0.3, 0.4) is 0 Å². The molecule has 0 saturated carbocycles. The van der Waals surface area contributed by atoms with Crippen LogP contribution in [0.15, 0.2) is 72.8 Å². The van der Waals surface area contributed by atoms with Crippen LogP contribution in [0.5, 0.6) is 11.5 Å². The summed E-state index contributed by atoms with van der Waals surface area (Å²) < 4.78 is 11.1. The molecule has 1 atom stereocenters. The predicted molar refractivity (Wildman–Crippen MR) is 125 cm³/mol. The highest BCUT2D eigenvalue weighted by molar-refractivity contribution is 6.61. The molecule has 32 heavy (non-hydrogen) atoms. The van der Waals surface area contributed by atoms with Crippen LogP contribution in [0.25, 0.3) is 0 Å². The van der Waals surface area contributed by atoms with E-state index >= 15 is 0 Å². The smallest absolute Gasteiger partial charge is 0.457 e. The summed E-state index contributed by atoms with van der Waals surface area (Å²) in [5.41, 5.74) is 3.84. The number of nitrogens with zero attached hydrogens (tertiary/aromatic N) is 1. The highest BCUT2D eigenvalue weighted by Crippen LogP contribution is 2.24. The van der Waals surface area contributed by atoms with Crippen molar-refractivity contribution in [3.05, 3.63) is 89.5 Å². The minimum absolute atomic E-state index is 0.00160. The van der Waals surface area contributed by atoms with Gasteiger partial charge in [0.15, 0.2) is 0 Å². The molecule has 0 fully saturated rings. The van der Waals surface area contributed by atoms with Crippen LogP contribution < -0.4 is 15.5 Å². The maximum atomic E-state index is 12.8. The number of fused-ring (bicyclic) bond motifs is 1. The maximum Gasteiger partial charge on any atom is 0.491 e. The summed E-state index contributed by atoms with van der Waals surface area (Å²) in [4.78, 5) is 14.7. The first kappa shape index (κ1) is 22.1. The molecule has 1 heterocycles. The van der Waals surface area contributed by atoms with Crippen LogP contribution in [0.2, 0.25) is 0 Å². The standard InChI is InChI=1S/C25H27BN2O4/c1-28(2)24(14-18-6-4-3-5-7-18)25(29)27-16-19-8-10-21(11-9-19)32-22-12-13-23-20(15-22)17-31-26(23)30/h3-13,15,24,30H,14,16-17H2,1-2H3,(H,27,29)/t24-/m1/s1. The highest BCUT2D eigenvalue weighted by Gasteiger charge is 2.27. The molecular weight excluding hydrogens is 403 g/mol. The van der Waals surface area contributed by atoms with Gasteiger partial charge in [-0.1, -0.05) is 48.5 Å². The van der Waals surface area contributed by atoms with Gasteiger partial charge in [0.1, 0.15) is 11.5 Å². The molecule has 0 aromatic heterocycles. The number of hydrogen-bond acceptors (Lipinski definition) is 5. The second-order valence-corrected chi connectivity index (χ2v) is 8.16. The van der Waals surface area contributed by atoms with Crippen molar-refractivity contribution in [1.82, 2.24) is 10.2 Å². The fourth-order valence-corrected chi connectivity index (χ4v) is 3.74. The average Bonchev–Trinajstić information content (AvgIpc) is 3.17. The molecule has 4 rings (SSSR count). The third-order valence-corrected chi connectivity index (χ3v) is 5.60. The fraction of sp³-hybridized carbons (Fsp3) is 0.240. The molecule has 0 bridgehead atoms. The van der Waals surface area contributed by atoms with E-state index in [9.17, 15) is 9.82 Å². The molecule has 0 saturated heterocycles. The van der Waals surface area contributed by atoms with Gasteiger partial charge >= 0.3 is 7.12 Å². The third-order valence-electron chi connectivity index (χ3n) is 5.60. The van der Waals surface area contributed by atoms with Crippen LogP contribution in [0.1, 0.15) is 16.7 Å². The lowest BCUT2D eigenvalue weighted by Crippen LogP contribution is -2.44. The SMILES string of the molecule is CN(C)[C@H](Cc1ccccc1)C(=O)NCc1ccc(Oc2ccc3c(c2)COB3O)cc1. The summed E-state index contributed by atoms with van der Waals surface area (Å²) in [7, 11) is 2.99. The van der Waals surface area contributed by atoms with Crippen molar-refractivity contribution < 1.29 is 19.2 Å². The Labute approximate surface area is 188 Å². The molecular formula is C25H27BN2O4. The zero-order valence-corrected chi connectivity index (χ0v) is 18.3. The van der Waals surface area contributed by atoms with Gasteiger partial charge in [-0.3, -0.25) is 9.69 Å². The molecule has 164 valence electrons. The van der Waals surface area contributed by atoms with Crippen LogP contribution in [-0.2, 0) is 29.0 Å². The molecule has 3 aromatic rings. The fourth-order valence-electron chi connectivity index (χ4n) is 3.74. The molecule has 2 N–H and O–H groups in total. The minimum Gasteiger partial charge on any atom is -0.457 e. The van der Waals surface area contributed by atoms with E-state index in [1.807, 2.05) is 91.8 Å². The summed E-state index contributed by atoms with van der Waals surface area (Å²) in [6, 6.07) is 23.0. The molecule has 1 amide bonds. The van der Waals surface area contributed by atoms with Crippen molar-refractivity contribution >= 4 is 18.5 Å². The lowest BCUT2D eigenvalue weighted by atomic mass is 9.80. The molecule has 1 aliphatic rings. The Bertz CT molecular complexity index is 1060. The molecule has 0 radical (unpaired) electrons. The van der Waals surface area contributed by atoms with Gasteiger partial charge in [0, 0.05) is 6.54 Å². The second kappa shape index (κ2) is 10.00. The summed E-state index contributed by atoms with van der Waals surface area (Å²) in [6.07, 6.45) is 0.662. The molecule has 1 aliphatic heterocycles. The normalized spacial score (nSPS) is 13.7. The van der Waals surface area contributed by atoms with Gasteiger partial charge in [-0.25, -0.2) is 0 Å². The van der Waals surface area contributed by atoms with Gasteiger partial charge in [-0.05, 0) is 66.9 Å². The van der Waals surface area contributed by atoms with E-state index in [2.05, 4.69) is 5.32 Å². The Kier molecular flexibility index (Phi) is 6.90.